The summed E-state index contributed by atoms with van der Waals surface area (Å²) >= 11 is 0. The molecule has 0 bridgehead atoms. The van der Waals surface area contributed by atoms with Crippen molar-refractivity contribution < 1.29 is 8.85 Å². The summed E-state index contributed by atoms with van der Waals surface area (Å²) in [6.45, 7) is 18.4. The Hall–Kier alpha value is 0.354. The fraction of sp³-hybridized carbons (Fsp3) is 1.00. The Balaban J connectivity index is 0.000000235. The molecule has 2 saturated heterocycles. The van der Waals surface area contributed by atoms with Crippen molar-refractivity contribution >= 4 is 17.4 Å². The van der Waals surface area contributed by atoms with Gasteiger partial charge in [0.05, 0.1) is 0 Å². The molecule has 2 heterocycles. The zero-order valence-electron chi connectivity index (χ0n) is 15.5. The lowest BCUT2D eigenvalue weighted by atomic mass is 9.82. The zero-order valence-corrected chi connectivity index (χ0v) is 17.5. The van der Waals surface area contributed by atoms with Gasteiger partial charge in [-0.3, -0.25) is 0 Å². The van der Waals surface area contributed by atoms with Gasteiger partial charge >= 0.3 is 0 Å². The number of hydrogen-bond acceptors (Lipinski definition) is 2. The highest BCUT2D eigenvalue weighted by molar-refractivity contribution is 6.71. The monoisotopic (exact) mass is 329 g/mol. The van der Waals surface area contributed by atoms with Crippen LogP contribution in [0.3, 0.4) is 0 Å². The summed E-state index contributed by atoms with van der Waals surface area (Å²) in [7, 11) is -1.67. The van der Waals surface area contributed by atoms with E-state index in [1.165, 1.54) is 37.8 Å². The van der Waals surface area contributed by atoms with Gasteiger partial charge in [-0.05, 0) is 48.5 Å². The van der Waals surface area contributed by atoms with Gasteiger partial charge in [0.15, 0.2) is 8.32 Å². The molecule has 4 heteroatoms. The Bertz CT molecular complexity index is 294. The smallest absolute Gasteiger partial charge is 0.217 e. The Morgan fingerprint density at radius 3 is 1.81 bits per heavy atom. The van der Waals surface area contributed by atoms with Gasteiger partial charge in [0.25, 0.3) is 0 Å². The first-order chi connectivity index (χ1) is 9.56. The fourth-order valence-corrected chi connectivity index (χ4v) is 7.51. The van der Waals surface area contributed by atoms with E-state index in [-0.39, 0.29) is 0 Å². The Kier molecular flexibility index (Phi) is 7.16. The van der Waals surface area contributed by atoms with Crippen molar-refractivity contribution in [1.29, 1.82) is 0 Å². The van der Waals surface area contributed by atoms with E-state index in [1.54, 1.807) is 0 Å². The molecule has 21 heavy (non-hydrogen) atoms. The van der Waals surface area contributed by atoms with E-state index in [2.05, 4.69) is 47.7 Å². The van der Waals surface area contributed by atoms with Crippen LogP contribution in [0.15, 0.2) is 0 Å². The van der Waals surface area contributed by atoms with Crippen LogP contribution in [0.4, 0.5) is 0 Å². The summed E-state index contributed by atoms with van der Waals surface area (Å²) in [5.41, 5.74) is 0.374. The predicted molar refractivity (Wildman–Crippen MR) is 96.7 cm³/mol. The molecule has 2 aliphatic rings. The predicted octanol–water partition coefficient (Wildman–Crippen LogP) is 5.62. The van der Waals surface area contributed by atoms with Crippen molar-refractivity contribution in [3.8, 4) is 0 Å². The van der Waals surface area contributed by atoms with E-state index in [4.69, 9.17) is 8.85 Å². The van der Waals surface area contributed by atoms with Crippen molar-refractivity contribution in [3.63, 3.8) is 0 Å². The molecule has 0 aliphatic carbocycles. The standard InChI is InChI=1S/C11H23OSi.C6H14OSi/c1-10(2,3)11(4,5)13-9-7-6-8-12-13;1-8(2)6-4-3-5-7-8/h6-9H2,1-5H3;3-6H2,1-2H3. The molecule has 1 radical (unpaired) electrons. The quantitative estimate of drug-likeness (QED) is 0.582. The molecule has 125 valence electrons. The maximum absolute atomic E-state index is 5.97. The minimum Gasteiger partial charge on any atom is -0.417 e. The van der Waals surface area contributed by atoms with Crippen molar-refractivity contribution in [2.75, 3.05) is 13.2 Å². The number of rotatable bonds is 1. The molecule has 0 aromatic heterocycles. The highest BCUT2D eigenvalue weighted by atomic mass is 28.4. The zero-order chi connectivity index (χ0) is 16.1. The highest BCUT2D eigenvalue weighted by Crippen LogP contribution is 2.49. The van der Waals surface area contributed by atoms with Gasteiger partial charge in [-0.2, -0.15) is 0 Å². The van der Waals surface area contributed by atoms with Gasteiger partial charge in [-0.15, -0.1) is 0 Å². The van der Waals surface area contributed by atoms with Gasteiger partial charge in [-0.25, -0.2) is 0 Å². The molecule has 2 rings (SSSR count). The van der Waals surface area contributed by atoms with Gasteiger partial charge in [0.1, 0.15) is 0 Å². The molecule has 2 aliphatic heterocycles. The lowest BCUT2D eigenvalue weighted by molar-refractivity contribution is 0.213. The van der Waals surface area contributed by atoms with Gasteiger partial charge in [0.2, 0.25) is 9.04 Å². The first-order valence-electron chi connectivity index (χ1n) is 8.69. The third-order valence-electron chi connectivity index (χ3n) is 5.31. The van der Waals surface area contributed by atoms with Crippen LogP contribution in [0.2, 0.25) is 30.2 Å². The molecule has 0 aromatic rings. The molecule has 0 saturated carbocycles. The van der Waals surface area contributed by atoms with Crippen LogP contribution in [0.25, 0.3) is 0 Å². The Morgan fingerprint density at radius 1 is 0.857 bits per heavy atom. The largest absolute Gasteiger partial charge is 0.417 e. The van der Waals surface area contributed by atoms with Crippen LogP contribution in [0.5, 0.6) is 0 Å². The van der Waals surface area contributed by atoms with E-state index in [1.807, 2.05) is 0 Å². The molecule has 0 aromatic carbocycles. The fourth-order valence-electron chi connectivity index (χ4n) is 2.64. The minimum absolute atomic E-state index is 0.374. The summed E-state index contributed by atoms with van der Waals surface area (Å²) < 4.78 is 11.6. The normalized spacial score (nSPS) is 24.1. The molecule has 2 nitrogen and oxygen atoms in total. The number of hydrogen-bond donors (Lipinski definition) is 0. The molecule has 0 unspecified atom stereocenters. The van der Waals surface area contributed by atoms with Gasteiger partial charge in [0, 0.05) is 13.2 Å². The van der Waals surface area contributed by atoms with E-state index in [0.717, 1.165) is 13.2 Å². The topological polar surface area (TPSA) is 18.5 Å². The summed E-state index contributed by atoms with van der Waals surface area (Å²) in [6, 6.07) is 2.71. The molecular formula is C17H37O2Si2. The minimum atomic E-state index is -1.09. The third-order valence-corrected chi connectivity index (χ3v) is 11.4. The second kappa shape index (κ2) is 7.76. The molecule has 0 N–H and O–H groups in total. The molecule has 0 spiro atoms. The average Bonchev–Trinajstić information content (AvgIpc) is 2.39. The molecule has 0 amide bonds. The van der Waals surface area contributed by atoms with Crippen LogP contribution in [0, 0.1) is 5.41 Å². The van der Waals surface area contributed by atoms with Crippen molar-refractivity contribution in [1.82, 2.24) is 0 Å². The maximum atomic E-state index is 5.97. The van der Waals surface area contributed by atoms with Crippen LogP contribution in [-0.2, 0) is 8.85 Å². The summed E-state index contributed by atoms with van der Waals surface area (Å²) in [5, 5.41) is 0.387. The lowest BCUT2D eigenvalue weighted by Crippen LogP contribution is -2.42. The van der Waals surface area contributed by atoms with Crippen LogP contribution in [-0.4, -0.2) is 30.6 Å². The van der Waals surface area contributed by atoms with Gasteiger partial charge < -0.3 is 8.85 Å². The Labute approximate surface area is 135 Å². The average molecular weight is 330 g/mol. The van der Waals surface area contributed by atoms with Crippen LogP contribution < -0.4 is 0 Å². The SMILES string of the molecule is CC(C)(C)C(C)(C)[Si]1CCCCO1.C[Si]1(C)CCCCO1. The van der Waals surface area contributed by atoms with Gasteiger partial charge in [-0.1, -0.05) is 47.5 Å². The first kappa shape index (κ1) is 19.4. The molecular weight excluding hydrogens is 292 g/mol. The maximum Gasteiger partial charge on any atom is 0.217 e. The third kappa shape index (κ3) is 6.16. The van der Waals surface area contributed by atoms with Crippen LogP contribution >= 0.6 is 0 Å². The highest BCUT2D eigenvalue weighted by Gasteiger charge is 2.43. The lowest BCUT2D eigenvalue weighted by Gasteiger charge is -2.44. The van der Waals surface area contributed by atoms with Crippen LogP contribution in [0.1, 0.15) is 60.3 Å². The molecule has 2 fully saturated rings. The van der Waals surface area contributed by atoms with Crippen molar-refractivity contribution in [2.24, 2.45) is 5.41 Å². The van der Waals surface area contributed by atoms with E-state index < -0.39 is 17.4 Å². The van der Waals surface area contributed by atoms with E-state index in [0.29, 0.717) is 10.5 Å². The van der Waals surface area contributed by atoms with E-state index >= 15 is 0 Å². The second-order valence-corrected chi connectivity index (χ2v) is 15.9. The second-order valence-electron chi connectivity index (χ2n) is 8.67. The summed E-state index contributed by atoms with van der Waals surface area (Å²) in [4.78, 5) is 0. The summed E-state index contributed by atoms with van der Waals surface area (Å²) in [5.74, 6) is 0. The van der Waals surface area contributed by atoms with Crippen molar-refractivity contribution in [3.05, 3.63) is 0 Å². The molecule has 0 atom stereocenters. The van der Waals surface area contributed by atoms with Crippen molar-refractivity contribution in [2.45, 2.75) is 90.5 Å². The summed E-state index contributed by atoms with van der Waals surface area (Å²) in [6.07, 6.45) is 5.35. The first-order valence-corrected chi connectivity index (χ1v) is 13.4. The Morgan fingerprint density at radius 2 is 1.48 bits per heavy atom. The van der Waals surface area contributed by atoms with E-state index in [9.17, 15) is 0 Å².